The van der Waals surface area contributed by atoms with Crippen LogP contribution in [0, 0.1) is 11.6 Å². The average molecular weight is 599 g/mol. The van der Waals surface area contributed by atoms with Crippen LogP contribution in [-0.4, -0.2) is 78.3 Å². The van der Waals surface area contributed by atoms with Crippen LogP contribution in [0.3, 0.4) is 0 Å². The molecule has 2 aliphatic rings. The van der Waals surface area contributed by atoms with E-state index in [1.165, 1.54) is 16.6 Å². The van der Waals surface area contributed by atoms with E-state index in [0.29, 0.717) is 19.1 Å². The van der Waals surface area contributed by atoms with Gasteiger partial charge in [0.25, 0.3) is 11.8 Å². The minimum absolute atomic E-state index is 0.0180. The quantitative estimate of drug-likeness (QED) is 0.374. The van der Waals surface area contributed by atoms with Crippen LogP contribution < -0.4 is 15.8 Å². The molecule has 41 heavy (non-hydrogen) atoms. The predicted molar refractivity (Wildman–Crippen MR) is 144 cm³/mol. The van der Waals surface area contributed by atoms with Gasteiger partial charge in [-0.1, -0.05) is 6.07 Å². The number of carbonyl (C=O) groups excluding carboxylic acids is 2. The molecule has 4 rings (SSSR count). The largest absolute Gasteiger partial charge is 0.502 e. The maximum Gasteiger partial charge on any atom is 0.330 e. The molecule has 2 N–H and O–H groups in total. The zero-order chi connectivity index (χ0) is 29.9. The summed E-state index contributed by atoms with van der Waals surface area (Å²) in [4.78, 5) is 40.9. The Labute approximate surface area is 235 Å². The van der Waals surface area contributed by atoms with Gasteiger partial charge in [0, 0.05) is 44.4 Å². The molecule has 1 unspecified atom stereocenters. The molecule has 3 heterocycles. The van der Waals surface area contributed by atoms with Crippen LogP contribution in [0.5, 0.6) is 5.75 Å². The highest BCUT2D eigenvalue weighted by atomic mass is 31.2. The molecule has 1 aromatic carbocycles. The van der Waals surface area contributed by atoms with Crippen molar-refractivity contribution in [3.8, 4) is 5.75 Å². The SMILES string of the molecule is CCOP(=O)(CCCN1n2cc(C(=O)NCc3ccc(F)cc3F)c(=O)c(O)c2C(=O)N(C)C12CCOC2)OCC. The third-order valence-corrected chi connectivity index (χ3v) is 9.34. The highest BCUT2D eigenvalue weighted by molar-refractivity contribution is 7.53. The van der Waals surface area contributed by atoms with Crippen molar-refractivity contribution in [1.82, 2.24) is 14.9 Å². The van der Waals surface area contributed by atoms with Crippen LogP contribution >= 0.6 is 7.60 Å². The molecule has 1 spiro atoms. The van der Waals surface area contributed by atoms with Gasteiger partial charge in [0.2, 0.25) is 5.43 Å². The minimum atomic E-state index is -3.40. The number of fused-ring (bicyclic) bond motifs is 1. The van der Waals surface area contributed by atoms with Gasteiger partial charge in [-0.05, 0) is 26.3 Å². The normalized spacial score (nSPS) is 18.7. The molecule has 1 fully saturated rings. The van der Waals surface area contributed by atoms with Crippen LogP contribution in [0.4, 0.5) is 8.78 Å². The Balaban J connectivity index is 1.70. The average Bonchev–Trinajstić information content (AvgIpc) is 3.41. The first-order valence-corrected chi connectivity index (χ1v) is 14.9. The Morgan fingerprint density at radius 2 is 1.93 bits per heavy atom. The molecule has 12 nitrogen and oxygen atoms in total. The van der Waals surface area contributed by atoms with E-state index in [-0.39, 0.29) is 56.8 Å². The zero-order valence-corrected chi connectivity index (χ0v) is 23.9. The van der Waals surface area contributed by atoms with E-state index in [2.05, 4.69) is 5.32 Å². The van der Waals surface area contributed by atoms with Gasteiger partial charge in [0.15, 0.2) is 17.1 Å². The van der Waals surface area contributed by atoms with Crippen molar-refractivity contribution >= 4 is 19.4 Å². The number of rotatable bonds is 11. The number of aromatic nitrogens is 1. The minimum Gasteiger partial charge on any atom is -0.502 e. The Bertz CT molecular complexity index is 1420. The summed E-state index contributed by atoms with van der Waals surface area (Å²) in [6.07, 6.45) is 1.83. The van der Waals surface area contributed by atoms with Crippen LogP contribution in [-0.2, 0) is 24.9 Å². The van der Waals surface area contributed by atoms with Crippen molar-refractivity contribution in [2.24, 2.45) is 0 Å². The molecule has 1 aromatic heterocycles. The topological polar surface area (TPSA) is 140 Å². The molecule has 0 radical (unpaired) electrons. The maximum absolute atomic E-state index is 14.1. The first-order chi connectivity index (χ1) is 19.5. The summed E-state index contributed by atoms with van der Waals surface area (Å²) in [5, 5.41) is 15.0. The predicted octanol–water partition coefficient (Wildman–Crippen LogP) is 2.56. The number of halogens is 2. The van der Waals surface area contributed by atoms with Crippen molar-refractivity contribution in [1.29, 1.82) is 0 Å². The van der Waals surface area contributed by atoms with Gasteiger partial charge in [0.05, 0.1) is 32.6 Å². The molecule has 0 aliphatic carbocycles. The number of nitrogens with zero attached hydrogens (tertiary/aromatic N) is 3. The Morgan fingerprint density at radius 3 is 2.54 bits per heavy atom. The first kappa shape index (κ1) is 30.6. The van der Waals surface area contributed by atoms with E-state index in [4.69, 9.17) is 13.8 Å². The summed E-state index contributed by atoms with van der Waals surface area (Å²) >= 11 is 0. The van der Waals surface area contributed by atoms with E-state index in [1.54, 1.807) is 18.9 Å². The lowest BCUT2D eigenvalue weighted by Gasteiger charge is -2.52. The summed E-state index contributed by atoms with van der Waals surface area (Å²) in [6.45, 7) is 4.00. The van der Waals surface area contributed by atoms with Gasteiger partial charge in [-0.3, -0.25) is 28.6 Å². The van der Waals surface area contributed by atoms with E-state index in [1.807, 2.05) is 0 Å². The van der Waals surface area contributed by atoms with Gasteiger partial charge in [-0.15, -0.1) is 0 Å². The summed E-state index contributed by atoms with van der Waals surface area (Å²) < 4.78 is 58.1. The fourth-order valence-electron chi connectivity index (χ4n) is 5.10. The van der Waals surface area contributed by atoms with Crippen molar-refractivity contribution in [2.75, 3.05) is 51.2 Å². The van der Waals surface area contributed by atoms with Gasteiger partial charge in [-0.2, -0.15) is 0 Å². The van der Waals surface area contributed by atoms with Gasteiger partial charge in [-0.25, -0.2) is 8.78 Å². The lowest BCUT2D eigenvalue weighted by molar-refractivity contribution is 0.0300. The van der Waals surface area contributed by atoms with Crippen molar-refractivity contribution in [3.63, 3.8) is 0 Å². The molecule has 2 aliphatic heterocycles. The lowest BCUT2D eigenvalue weighted by atomic mass is 10.0. The Hall–Kier alpha value is -3.32. The maximum atomic E-state index is 14.1. The van der Waals surface area contributed by atoms with Crippen LogP contribution in [0.25, 0.3) is 0 Å². The summed E-state index contributed by atoms with van der Waals surface area (Å²) in [5.41, 5.74) is -2.99. The fourth-order valence-corrected chi connectivity index (χ4v) is 6.75. The molecule has 0 saturated carbocycles. The summed E-state index contributed by atoms with van der Waals surface area (Å²) in [5.74, 6) is -4.19. The molecular weight excluding hydrogens is 565 g/mol. The number of likely N-dealkylation sites (N-methyl/N-ethyl adjacent to an activating group) is 1. The third kappa shape index (κ3) is 5.87. The molecule has 15 heteroatoms. The van der Waals surface area contributed by atoms with Crippen LogP contribution in [0.2, 0.25) is 0 Å². The van der Waals surface area contributed by atoms with Crippen molar-refractivity contribution < 1.29 is 41.8 Å². The molecule has 0 bridgehead atoms. The number of ether oxygens (including phenoxy) is 1. The van der Waals surface area contributed by atoms with E-state index >= 15 is 0 Å². The number of amides is 2. The fraction of sp³-hybridized carbons (Fsp3) is 0.500. The number of benzene rings is 1. The number of pyridine rings is 1. The molecule has 224 valence electrons. The Kier molecular flexibility index (Phi) is 9.17. The van der Waals surface area contributed by atoms with Gasteiger partial charge < -0.3 is 29.1 Å². The molecular formula is C26H33F2N4O8P. The van der Waals surface area contributed by atoms with Gasteiger partial charge >= 0.3 is 7.60 Å². The van der Waals surface area contributed by atoms with E-state index in [9.17, 15) is 32.8 Å². The summed E-state index contributed by atoms with van der Waals surface area (Å²) in [6, 6.07) is 2.86. The first-order valence-electron chi connectivity index (χ1n) is 13.2. The molecule has 2 amide bonds. The molecule has 2 aromatic rings. The second-order valence-electron chi connectivity index (χ2n) is 9.63. The van der Waals surface area contributed by atoms with Crippen LogP contribution in [0.1, 0.15) is 53.1 Å². The van der Waals surface area contributed by atoms with Gasteiger partial charge in [0.1, 0.15) is 17.2 Å². The summed E-state index contributed by atoms with van der Waals surface area (Å²) in [7, 11) is -1.87. The highest BCUT2D eigenvalue weighted by Gasteiger charge is 2.52. The number of hydrogen-bond donors (Lipinski definition) is 2. The number of carbonyl (C=O) groups is 2. The standard InChI is InChI=1S/C26H33F2N4O8P/c1-4-39-41(37,40-5-2)12-6-10-32-26(9-11-38-16-26)30(3)25(36)21-23(34)22(33)19(15-31(21)32)24(35)29-14-17-7-8-18(27)13-20(17)28/h7-8,13,15,34H,4-6,9-12,14,16H2,1-3H3,(H,29,35). The van der Waals surface area contributed by atoms with E-state index < -0.39 is 53.4 Å². The van der Waals surface area contributed by atoms with Crippen molar-refractivity contribution in [3.05, 3.63) is 63.1 Å². The van der Waals surface area contributed by atoms with E-state index in [0.717, 1.165) is 18.3 Å². The zero-order valence-electron chi connectivity index (χ0n) is 23.0. The van der Waals surface area contributed by atoms with Crippen molar-refractivity contribution in [2.45, 2.75) is 38.9 Å². The number of aromatic hydroxyl groups is 1. The lowest BCUT2D eigenvalue weighted by Crippen LogP contribution is -2.70. The second kappa shape index (κ2) is 12.3. The Morgan fingerprint density at radius 1 is 1.22 bits per heavy atom. The third-order valence-electron chi connectivity index (χ3n) is 7.17. The molecule has 1 atom stereocenters. The number of hydrogen-bond acceptors (Lipinski definition) is 9. The van der Waals surface area contributed by atoms with Crippen LogP contribution in [0.15, 0.2) is 29.2 Å². The number of nitrogens with one attached hydrogen (secondary N) is 1. The smallest absolute Gasteiger partial charge is 0.330 e. The molecule has 1 saturated heterocycles. The monoisotopic (exact) mass is 598 g/mol. The second-order valence-corrected chi connectivity index (χ2v) is 11.8. The highest BCUT2D eigenvalue weighted by Crippen LogP contribution is 2.48.